The number of hydrogen-bond acceptors (Lipinski definition) is 3. The lowest BCUT2D eigenvalue weighted by Crippen LogP contribution is -2.22. The fourth-order valence-electron chi connectivity index (χ4n) is 0.563. The zero-order valence-electron chi connectivity index (χ0n) is 6.62. The van der Waals surface area contributed by atoms with Crippen molar-refractivity contribution in [3.8, 4) is 0 Å². The Bertz CT molecular complexity index is 156. The molecule has 0 amide bonds. The van der Waals surface area contributed by atoms with Crippen molar-refractivity contribution in [2.45, 2.75) is 19.8 Å². The summed E-state index contributed by atoms with van der Waals surface area (Å²) in [5.74, 6) is 0.114. The van der Waals surface area contributed by atoms with Crippen molar-refractivity contribution in [2.75, 3.05) is 13.1 Å². The van der Waals surface area contributed by atoms with Crippen LogP contribution in [0, 0.1) is 10.1 Å². The van der Waals surface area contributed by atoms with E-state index < -0.39 is 4.92 Å². The number of nitrogens with two attached hydrogens (primary N) is 1. The van der Waals surface area contributed by atoms with Crippen LogP contribution in [0.25, 0.3) is 0 Å². The molecule has 0 spiro atoms. The summed E-state index contributed by atoms with van der Waals surface area (Å²) in [6.45, 7) is 2.28. The van der Waals surface area contributed by atoms with Gasteiger partial charge in [-0.05, 0) is 6.42 Å². The molecule has 5 nitrogen and oxygen atoms in total. The first kappa shape index (κ1) is 9.87. The molecule has 11 heavy (non-hydrogen) atoms. The van der Waals surface area contributed by atoms with Crippen molar-refractivity contribution in [3.63, 3.8) is 0 Å². The highest BCUT2D eigenvalue weighted by molar-refractivity contribution is 5.81. The molecular formula is C6H13N3O2. The highest BCUT2D eigenvalue weighted by atomic mass is 16.6. The summed E-state index contributed by atoms with van der Waals surface area (Å²) in [6, 6.07) is 0. The Labute approximate surface area is 65.5 Å². The van der Waals surface area contributed by atoms with Crippen LogP contribution < -0.4 is 5.73 Å². The minimum Gasteiger partial charge on any atom is -0.382 e. The molecule has 0 aromatic carbocycles. The van der Waals surface area contributed by atoms with E-state index in [1.54, 1.807) is 0 Å². The van der Waals surface area contributed by atoms with Crippen LogP contribution in [0.4, 0.5) is 0 Å². The number of nitro groups is 1. The summed E-state index contributed by atoms with van der Waals surface area (Å²) in [5, 5.41) is 9.89. The molecule has 0 aromatic heterocycles. The average molecular weight is 159 g/mol. The Hall–Kier alpha value is -1.13. The van der Waals surface area contributed by atoms with Gasteiger partial charge < -0.3 is 5.73 Å². The van der Waals surface area contributed by atoms with Crippen LogP contribution >= 0.6 is 0 Å². The van der Waals surface area contributed by atoms with Gasteiger partial charge in [-0.2, -0.15) is 0 Å². The first-order valence-electron chi connectivity index (χ1n) is 3.57. The van der Waals surface area contributed by atoms with Gasteiger partial charge in [-0.1, -0.05) is 13.3 Å². The zero-order chi connectivity index (χ0) is 8.69. The predicted octanol–water partition coefficient (Wildman–Crippen LogP) is 0.420. The van der Waals surface area contributed by atoms with Crippen LogP contribution in [0.1, 0.15) is 19.8 Å². The fourth-order valence-corrected chi connectivity index (χ4v) is 0.563. The fraction of sp³-hybridized carbons (Fsp3) is 0.833. The smallest absolute Gasteiger partial charge is 0.259 e. The topological polar surface area (TPSA) is 81.5 Å². The van der Waals surface area contributed by atoms with E-state index >= 15 is 0 Å². The van der Waals surface area contributed by atoms with Crippen molar-refractivity contribution >= 4 is 5.84 Å². The maximum absolute atomic E-state index is 9.89. The van der Waals surface area contributed by atoms with E-state index in [4.69, 9.17) is 5.73 Å². The molecule has 0 saturated heterocycles. The molecule has 0 rings (SSSR count). The molecule has 0 bridgehead atoms. The number of rotatable bonds is 5. The van der Waals surface area contributed by atoms with Gasteiger partial charge in [0.15, 0.2) is 5.84 Å². The summed E-state index contributed by atoms with van der Waals surface area (Å²) in [5.41, 5.74) is 5.22. The van der Waals surface area contributed by atoms with Crippen LogP contribution in [-0.2, 0) is 0 Å². The van der Waals surface area contributed by atoms with Gasteiger partial charge in [-0.15, -0.1) is 0 Å². The van der Waals surface area contributed by atoms with E-state index in [0.717, 1.165) is 12.8 Å². The van der Waals surface area contributed by atoms with E-state index in [9.17, 15) is 10.1 Å². The van der Waals surface area contributed by atoms with Gasteiger partial charge in [-0.25, -0.2) is 0 Å². The summed E-state index contributed by atoms with van der Waals surface area (Å²) in [4.78, 5) is 13.2. The van der Waals surface area contributed by atoms with E-state index in [0.29, 0.717) is 6.54 Å². The quantitative estimate of drug-likeness (QED) is 0.207. The molecule has 0 unspecified atom stereocenters. The molecule has 0 aliphatic rings. The minimum atomic E-state index is -0.481. The number of aliphatic imine (C=N–C) groups is 1. The van der Waals surface area contributed by atoms with E-state index in [1.165, 1.54) is 0 Å². The van der Waals surface area contributed by atoms with Gasteiger partial charge in [0.05, 0.1) is 0 Å². The third-order valence-corrected chi connectivity index (χ3v) is 1.12. The highest BCUT2D eigenvalue weighted by Crippen LogP contribution is 1.86. The zero-order valence-corrected chi connectivity index (χ0v) is 6.62. The number of nitrogens with zero attached hydrogens (tertiary/aromatic N) is 2. The Kier molecular flexibility index (Phi) is 5.06. The van der Waals surface area contributed by atoms with Crippen molar-refractivity contribution in [3.05, 3.63) is 10.1 Å². The average Bonchev–Trinajstić information content (AvgIpc) is 1.86. The summed E-state index contributed by atoms with van der Waals surface area (Å²) >= 11 is 0. The Morgan fingerprint density at radius 2 is 2.36 bits per heavy atom. The standard InChI is InChI=1S/C6H13N3O2/c1-2-3-4-8-6(7)5-9(10)11/h2-5H2,1H3,(H2,7,8). The largest absolute Gasteiger partial charge is 0.382 e. The third-order valence-electron chi connectivity index (χ3n) is 1.12. The second-order valence-electron chi connectivity index (χ2n) is 2.22. The lowest BCUT2D eigenvalue weighted by atomic mass is 10.3. The molecule has 5 heteroatoms. The molecule has 64 valence electrons. The number of amidine groups is 1. The van der Waals surface area contributed by atoms with E-state index in [1.807, 2.05) is 6.92 Å². The summed E-state index contributed by atoms with van der Waals surface area (Å²) in [7, 11) is 0. The van der Waals surface area contributed by atoms with Crippen LogP contribution in [0.3, 0.4) is 0 Å². The normalized spacial score (nSPS) is 11.5. The van der Waals surface area contributed by atoms with Crippen molar-refractivity contribution in [2.24, 2.45) is 10.7 Å². The molecule has 0 fully saturated rings. The number of unbranched alkanes of at least 4 members (excludes halogenated alkanes) is 1. The Morgan fingerprint density at radius 1 is 1.73 bits per heavy atom. The van der Waals surface area contributed by atoms with Crippen LogP contribution in [0.15, 0.2) is 4.99 Å². The molecule has 0 aliphatic heterocycles. The molecule has 0 aliphatic carbocycles. The van der Waals surface area contributed by atoms with Crippen LogP contribution in [0.2, 0.25) is 0 Å². The van der Waals surface area contributed by atoms with Gasteiger partial charge in [0.1, 0.15) is 0 Å². The summed E-state index contributed by atoms with van der Waals surface area (Å²) in [6.07, 6.45) is 1.95. The Balaban J connectivity index is 3.54. The maximum Gasteiger partial charge on any atom is 0.259 e. The first-order chi connectivity index (χ1) is 5.16. The molecule has 0 heterocycles. The molecule has 0 aromatic rings. The summed E-state index contributed by atoms with van der Waals surface area (Å²) < 4.78 is 0. The molecular weight excluding hydrogens is 146 g/mol. The van der Waals surface area contributed by atoms with Crippen LogP contribution in [-0.4, -0.2) is 23.8 Å². The van der Waals surface area contributed by atoms with E-state index in [-0.39, 0.29) is 12.4 Å². The highest BCUT2D eigenvalue weighted by Gasteiger charge is 1.99. The molecule has 0 atom stereocenters. The SMILES string of the molecule is CCCCN=C(N)C[N+](=O)[O-]. The van der Waals surface area contributed by atoms with Crippen molar-refractivity contribution in [1.82, 2.24) is 0 Å². The maximum atomic E-state index is 9.89. The van der Waals surface area contributed by atoms with Gasteiger partial charge in [0, 0.05) is 11.5 Å². The van der Waals surface area contributed by atoms with Crippen molar-refractivity contribution in [1.29, 1.82) is 0 Å². The van der Waals surface area contributed by atoms with Gasteiger partial charge in [-0.3, -0.25) is 15.1 Å². The minimum absolute atomic E-state index is 0.114. The van der Waals surface area contributed by atoms with Crippen LogP contribution in [0.5, 0.6) is 0 Å². The van der Waals surface area contributed by atoms with Gasteiger partial charge in [0.25, 0.3) is 6.54 Å². The monoisotopic (exact) mass is 159 g/mol. The lowest BCUT2D eigenvalue weighted by Gasteiger charge is -1.93. The first-order valence-corrected chi connectivity index (χ1v) is 3.57. The van der Waals surface area contributed by atoms with Gasteiger partial charge in [0.2, 0.25) is 0 Å². The molecule has 0 saturated carbocycles. The van der Waals surface area contributed by atoms with E-state index in [2.05, 4.69) is 4.99 Å². The third kappa shape index (κ3) is 6.76. The predicted molar refractivity (Wildman–Crippen MR) is 43.3 cm³/mol. The molecule has 2 N–H and O–H groups in total. The Morgan fingerprint density at radius 3 is 2.82 bits per heavy atom. The second kappa shape index (κ2) is 5.64. The molecule has 0 radical (unpaired) electrons. The second-order valence-corrected chi connectivity index (χ2v) is 2.22. The number of hydrogen-bond donors (Lipinski definition) is 1. The van der Waals surface area contributed by atoms with Crippen molar-refractivity contribution < 1.29 is 4.92 Å². The lowest BCUT2D eigenvalue weighted by molar-refractivity contribution is -0.463. The van der Waals surface area contributed by atoms with Gasteiger partial charge >= 0.3 is 0 Å².